The van der Waals surface area contributed by atoms with Crippen LogP contribution in [0.3, 0.4) is 0 Å². The highest BCUT2D eigenvalue weighted by Crippen LogP contribution is 2.20. The second-order valence-electron chi connectivity index (χ2n) is 29.4. The summed E-state index contributed by atoms with van der Waals surface area (Å²) in [5, 5.41) is 9.79. The van der Waals surface area contributed by atoms with Crippen LogP contribution < -0.4 is 0 Å². The molecule has 0 fully saturated rings. The van der Waals surface area contributed by atoms with E-state index in [-0.39, 0.29) is 38.2 Å². The van der Waals surface area contributed by atoms with Gasteiger partial charge < -0.3 is 28.5 Å². The van der Waals surface area contributed by atoms with Gasteiger partial charge in [-0.25, -0.2) is 4.79 Å². The van der Waals surface area contributed by atoms with Crippen LogP contribution in [0.25, 0.3) is 0 Å². The number of carboxylic acid groups (broad SMARTS) is 1. The lowest BCUT2D eigenvalue weighted by Crippen LogP contribution is -2.40. The average Bonchev–Trinajstić information content (AvgIpc) is 2.19. The van der Waals surface area contributed by atoms with Crippen LogP contribution in [0.15, 0.2) is 109 Å². The maximum absolute atomic E-state index is 13.0. The zero-order valence-corrected chi connectivity index (χ0v) is 65.6. The van der Waals surface area contributed by atoms with E-state index >= 15 is 0 Å². The Kier molecular flexibility index (Phi) is 76.4. The first-order valence-corrected chi connectivity index (χ1v) is 42.1. The standard InChI is InChI=1S/C90H159NO8/c1-6-8-10-12-14-16-18-20-22-24-26-28-30-32-34-36-38-40-42-44-46-48-50-52-54-56-58-60-62-64-66-68-70-72-74-76-78-80-87(92)97-84-86(85-98-90(89(94)95)96-83-82-91(3,4)5)99-88(93)81-79-77-75-73-71-69-67-65-63-61-59-57-55-53-51-49-47-45-43-41-39-37-35-33-31-29-27-25-23-21-19-17-15-13-11-9-7-2/h8-11,14-17,20-23,26-29,33,35,86,90H,6-7,12-13,18-19,24-25,30-32,34,36-85H2,1-5H3/p+1/b10-8-,11-9-,16-14-,17-15-,22-20-,23-21-,28-26-,29-27-,35-33-. The van der Waals surface area contributed by atoms with Crippen molar-refractivity contribution in [2.24, 2.45) is 0 Å². The third-order valence-corrected chi connectivity index (χ3v) is 18.5. The summed E-state index contributed by atoms with van der Waals surface area (Å²) >= 11 is 0. The predicted octanol–water partition coefficient (Wildman–Crippen LogP) is 27.3. The third-order valence-electron chi connectivity index (χ3n) is 18.5. The molecule has 9 heteroatoms. The lowest BCUT2D eigenvalue weighted by Gasteiger charge is -2.25. The van der Waals surface area contributed by atoms with Crippen LogP contribution in [0.1, 0.15) is 386 Å². The average molecular weight is 1380 g/mol. The number of carbonyl (C=O) groups excluding carboxylic acids is 2. The summed E-state index contributed by atoms with van der Waals surface area (Å²) in [6.45, 7) is 4.71. The molecule has 0 heterocycles. The number of aliphatic carboxylic acids is 1. The first-order valence-electron chi connectivity index (χ1n) is 42.1. The van der Waals surface area contributed by atoms with E-state index in [9.17, 15) is 19.5 Å². The van der Waals surface area contributed by atoms with Crippen LogP contribution in [0.2, 0.25) is 0 Å². The number of carbonyl (C=O) groups is 3. The molecule has 0 aliphatic rings. The van der Waals surface area contributed by atoms with Crippen LogP contribution >= 0.6 is 0 Å². The number of ether oxygens (including phenoxy) is 4. The maximum atomic E-state index is 13.0. The topological polar surface area (TPSA) is 108 Å². The van der Waals surface area contributed by atoms with Crippen LogP contribution in [0, 0.1) is 0 Å². The van der Waals surface area contributed by atoms with Gasteiger partial charge >= 0.3 is 17.9 Å². The number of carboxylic acids is 1. The fourth-order valence-corrected chi connectivity index (χ4v) is 12.2. The van der Waals surface area contributed by atoms with Gasteiger partial charge in [-0.15, -0.1) is 0 Å². The molecule has 0 aromatic heterocycles. The molecule has 0 aromatic carbocycles. The molecule has 0 radical (unpaired) electrons. The fraction of sp³-hybridized carbons (Fsp3) is 0.767. The summed E-state index contributed by atoms with van der Waals surface area (Å²) in [5.41, 5.74) is 0. The second kappa shape index (κ2) is 79.6. The number of quaternary nitrogens is 1. The van der Waals surface area contributed by atoms with Gasteiger partial charge in [-0.05, 0) is 96.3 Å². The Bertz CT molecular complexity index is 2000. The SMILES string of the molecule is CC/C=C\C/C=C\C/C=C\C/C=C\C/C=C\CCCCCCCCCCCCCCCCCCCCCCCC(=O)OC(COC(=O)CCCCCCCCCCCCCCCCCCCCCCCCCC/C=C\C/C=C\C/C=C\C/C=C\CC)COC(OCC[N+](C)(C)C)C(=O)O. The maximum Gasteiger partial charge on any atom is 0.361 e. The number of hydrogen-bond acceptors (Lipinski definition) is 7. The van der Waals surface area contributed by atoms with Gasteiger partial charge in [-0.2, -0.15) is 0 Å². The van der Waals surface area contributed by atoms with Crippen molar-refractivity contribution in [2.45, 2.75) is 399 Å². The van der Waals surface area contributed by atoms with Gasteiger partial charge in [0.15, 0.2) is 6.10 Å². The number of hydrogen-bond donors (Lipinski definition) is 1. The number of unbranched alkanes of at least 4 members (excludes halogenated alkanes) is 45. The highest BCUT2D eigenvalue weighted by atomic mass is 16.7. The minimum absolute atomic E-state index is 0.179. The van der Waals surface area contributed by atoms with Crippen LogP contribution in [0.4, 0.5) is 0 Å². The molecule has 1 N–H and O–H groups in total. The molecule has 0 amide bonds. The fourth-order valence-electron chi connectivity index (χ4n) is 12.2. The monoisotopic (exact) mass is 1380 g/mol. The molecule has 0 aliphatic carbocycles. The van der Waals surface area contributed by atoms with Gasteiger partial charge in [0.25, 0.3) is 6.29 Å². The summed E-state index contributed by atoms with van der Waals surface area (Å²) in [5.74, 6) is -1.98. The largest absolute Gasteiger partial charge is 0.477 e. The summed E-state index contributed by atoms with van der Waals surface area (Å²) in [4.78, 5) is 37.8. The van der Waals surface area contributed by atoms with E-state index in [0.717, 1.165) is 96.3 Å². The van der Waals surface area contributed by atoms with Gasteiger partial charge in [0, 0.05) is 12.8 Å². The first-order chi connectivity index (χ1) is 48.6. The number of esters is 2. The van der Waals surface area contributed by atoms with Crippen LogP contribution in [-0.4, -0.2) is 87.4 Å². The smallest absolute Gasteiger partial charge is 0.361 e. The van der Waals surface area contributed by atoms with Crippen molar-refractivity contribution in [1.82, 2.24) is 0 Å². The molecule has 9 nitrogen and oxygen atoms in total. The van der Waals surface area contributed by atoms with E-state index in [1.807, 2.05) is 21.1 Å². The zero-order valence-electron chi connectivity index (χ0n) is 65.6. The summed E-state index contributed by atoms with van der Waals surface area (Å²) < 4.78 is 23.1. The lowest BCUT2D eigenvalue weighted by atomic mass is 10.0. The van der Waals surface area contributed by atoms with Crippen molar-refractivity contribution in [3.05, 3.63) is 109 Å². The van der Waals surface area contributed by atoms with Crippen molar-refractivity contribution < 1.29 is 42.9 Å². The zero-order chi connectivity index (χ0) is 71.8. The van der Waals surface area contributed by atoms with Crippen molar-refractivity contribution >= 4 is 17.9 Å². The van der Waals surface area contributed by atoms with Gasteiger partial charge in [0.05, 0.1) is 34.4 Å². The Hall–Kier alpha value is -4.05. The number of allylic oxidation sites excluding steroid dienone is 18. The van der Waals surface area contributed by atoms with Gasteiger partial charge in [0.1, 0.15) is 13.2 Å². The van der Waals surface area contributed by atoms with E-state index in [1.54, 1.807) is 0 Å². The van der Waals surface area contributed by atoms with E-state index in [4.69, 9.17) is 18.9 Å². The third kappa shape index (κ3) is 81.1. The summed E-state index contributed by atoms with van der Waals surface area (Å²) in [6, 6.07) is 0. The molecule has 0 saturated heterocycles. The molecule has 99 heavy (non-hydrogen) atoms. The molecule has 0 saturated carbocycles. The quantitative estimate of drug-likeness (QED) is 0.0211. The molecule has 0 bridgehead atoms. The van der Waals surface area contributed by atoms with Crippen LogP contribution in [0.5, 0.6) is 0 Å². The van der Waals surface area contributed by atoms with Crippen molar-refractivity contribution in [3.8, 4) is 0 Å². The molecule has 2 unspecified atom stereocenters. The van der Waals surface area contributed by atoms with E-state index < -0.39 is 18.4 Å². The Morgan fingerprint density at radius 3 is 0.808 bits per heavy atom. The van der Waals surface area contributed by atoms with Crippen molar-refractivity contribution in [1.29, 1.82) is 0 Å². The Balaban J connectivity index is 3.95. The summed E-state index contributed by atoms with van der Waals surface area (Å²) in [6.07, 6.45) is 110. The first kappa shape index (κ1) is 94.9. The summed E-state index contributed by atoms with van der Waals surface area (Å²) in [7, 11) is 6.00. The van der Waals surface area contributed by atoms with Crippen molar-refractivity contribution in [3.63, 3.8) is 0 Å². The van der Waals surface area contributed by atoms with Gasteiger partial charge in [-0.3, -0.25) is 9.59 Å². The molecule has 0 rings (SSSR count). The highest BCUT2D eigenvalue weighted by molar-refractivity contribution is 5.71. The van der Waals surface area contributed by atoms with Gasteiger partial charge in [-0.1, -0.05) is 386 Å². The number of rotatable bonds is 78. The van der Waals surface area contributed by atoms with E-state index in [1.165, 1.54) is 263 Å². The Labute approximate surface area is 613 Å². The van der Waals surface area contributed by atoms with Crippen LogP contribution in [-0.2, 0) is 33.3 Å². The normalized spacial score (nSPS) is 13.2. The van der Waals surface area contributed by atoms with Crippen molar-refractivity contribution in [2.75, 3.05) is 47.5 Å². The minimum Gasteiger partial charge on any atom is -0.477 e. The molecule has 572 valence electrons. The molecular weight excluding hydrogens is 1220 g/mol. The lowest BCUT2D eigenvalue weighted by molar-refractivity contribution is -0.870. The Morgan fingerprint density at radius 2 is 0.545 bits per heavy atom. The highest BCUT2D eigenvalue weighted by Gasteiger charge is 2.25. The van der Waals surface area contributed by atoms with E-state index in [2.05, 4.69) is 123 Å². The predicted molar refractivity (Wildman–Crippen MR) is 428 cm³/mol. The molecular formula is C90H160NO8+. The molecule has 2 atom stereocenters. The van der Waals surface area contributed by atoms with Gasteiger partial charge in [0.2, 0.25) is 0 Å². The Morgan fingerprint density at radius 1 is 0.303 bits per heavy atom. The number of likely N-dealkylation sites (N-methyl/N-ethyl adjacent to an activating group) is 1. The molecule has 0 aliphatic heterocycles. The number of nitrogens with zero attached hydrogens (tertiary/aromatic N) is 1. The minimum atomic E-state index is -1.51. The second-order valence-corrected chi connectivity index (χ2v) is 29.4. The molecule has 0 aromatic rings. The van der Waals surface area contributed by atoms with E-state index in [0.29, 0.717) is 17.4 Å². The molecule has 0 spiro atoms.